The maximum atomic E-state index is 11.2. The summed E-state index contributed by atoms with van der Waals surface area (Å²) in [5.74, 6) is 0. The van der Waals surface area contributed by atoms with Crippen LogP contribution in [0.4, 0.5) is 9.80 Å². The van der Waals surface area contributed by atoms with Crippen LogP contribution in [0, 0.1) is 6.92 Å². The summed E-state index contributed by atoms with van der Waals surface area (Å²) in [5.41, 5.74) is 0.963. The lowest BCUT2D eigenvalue weighted by Gasteiger charge is -2.03. The van der Waals surface area contributed by atoms with Crippen molar-refractivity contribution in [3.8, 4) is 0 Å². The van der Waals surface area contributed by atoms with E-state index >= 15 is 0 Å². The highest BCUT2D eigenvalue weighted by atomic mass is 35.5. The Morgan fingerprint density at radius 3 is 2.93 bits per heavy atom. The molecule has 15 heavy (non-hydrogen) atoms. The Morgan fingerprint density at radius 1 is 1.67 bits per heavy atom. The van der Waals surface area contributed by atoms with Gasteiger partial charge in [-0.3, -0.25) is 5.32 Å². The molecule has 0 saturated carbocycles. The first kappa shape index (κ1) is 12.3. The molecule has 0 unspecified atom stereocenters. The predicted molar refractivity (Wildman–Crippen MR) is 63.9 cm³/mol. The van der Waals surface area contributed by atoms with Gasteiger partial charge >= 0.3 is 6.09 Å². The molecule has 1 aromatic heterocycles. The minimum atomic E-state index is -0.415. The van der Waals surface area contributed by atoms with Crippen molar-refractivity contribution in [2.75, 3.05) is 11.9 Å². The predicted octanol–water partition coefficient (Wildman–Crippen LogP) is 4.06. The zero-order chi connectivity index (χ0) is 11.3. The molecule has 1 amide bonds. The van der Waals surface area contributed by atoms with Crippen molar-refractivity contribution in [3.63, 3.8) is 0 Å². The van der Waals surface area contributed by atoms with Crippen molar-refractivity contribution in [2.45, 2.75) is 26.7 Å². The lowest BCUT2D eigenvalue weighted by atomic mass is 10.4. The molecule has 1 heterocycles. The SMILES string of the molecule is CCCCOC(=O)Nc1cc(C)c(Cl)s1. The number of rotatable bonds is 4. The third kappa shape index (κ3) is 4.10. The van der Waals surface area contributed by atoms with Crippen LogP contribution in [0.1, 0.15) is 25.3 Å². The highest BCUT2D eigenvalue weighted by Gasteiger charge is 2.07. The van der Waals surface area contributed by atoms with Crippen molar-refractivity contribution < 1.29 is 9.53 Å². The highest BCUT2D eigenvalue weighted by molar-refractivity contribution is 7.20. The molecule has 0 atom stereocenters. The van der Waals surface area contributed by atoms with E-state index in [1.807, 2.05) is 19.9 Å². The second-order valence-electron chi connectivity index (χ2n) is 3.18. The van der Waals surface area contributed by atoms with Gasteiger partial charge < -0.3 is 4.74 Å². The van der Waals surface area contributed by atoms with E-state index < -0.39 is 6.09 Å². The summed E-state index contributed by atoms with van der Waals surface area (Å²) in [5, 5.41) is 3.36. The number of aryl methyl sites for hydroxylation is 1. The summed E-state index contributed by atoms with van der Waals surface area (Å²) in [6.45, 7) is 4.40. The van der Waals surface area contributed by atoms with Gasteiger partial charge in [0.2, 0.25) is 0 Å². The minimum Gasteiger partial charge on any atom is -0.449 e. The quantitative estimate of drug-likeness (QED) is 0.815. The first-order valence-electron chi connectivity index (χ1n) is 4.83. The zero-order valence-electron chi connectivity index (χ0n) is 8.80. The molecule has 0 aliphatic carbocycles. The summed E-state index contributed by atoms with van der Waals surface area (Å²) in [7, 11) is 0. The van der Waals surface area contributed by atoms with Gasteiger partial charge in [0.05, 0.1) is 15.9 Å². The molecule has 0 radical (unpaired) electrons. The summed E-state index contributed by atoms with van der Waals surface area (Å²) in [4.78, 5) is 11.2. The Hall–Kier alpha value is -0.740. The zero-order valence-corrected chi connectivity index (χ0v) is 10.4. The molecule has 0 bridgehead atoms. The van der Waals surface area contributed by atoms with Crippen molar-refractivity contribution >= 4 is 34.0 Å². The summed E-state index contributed by atoms with van der Waals surface area (Å²) < 4.78 is 5.64. The molecule has 0 spiro atoms. The molecule has 0 saturated heterocycles. The molecule has 0 aromatic carbocycles. The van der Waals surface area contributed by atoms with E-state index in [0.717, 1.165) is 23.4 Å². The number of thiophene rings is 1. The molecular formula is C10H14ClNO2S. The van der Waals surface area contributed by atoms with Crippen LogP contribution in [0.5, 0.6) is 0 Å². The van der Waals surface area contributed by atoms with Gasteiger partial charge in [0, 0.05) is 0 Å². The largest absolute Gasteiger partial charge is 0.449 e. The van der Waals surface area contributed by atoms with E-state index in [-0.39, 0.29) is 0 Å². The molecule has 0 aliphatic heterocycles. The summed E-state index contributed by atoms with van der Waals surface area (Å²) >= 11 is 7.20. The van der Waals surface area contributed by atoms with Crippen molar-refractivity contribution in [1.29, 1.82) is 0 Å². The number of nitrogens with one attached hydrogen (secondary N) is 1. The Labute approximate surface area is 98.4 Å². The number of amides is 1. The number of anilines is 1. The molecule has 84 valence electrons. The van der Waals surface area contributed by atoms with E-state index in [0.29, 0.717) is 10.9 Å². The van der Waals surface area contributed by atoms with Gasteiger partial charge in [-0.2, -0.15) is 0 Å². The van der Waals surface area contributed by atoms with Gasteiger partial charge in [-0.1, -0.05) is 24.9 Å². The van der Waals surface area contributed by atoms with Gasteiger partial charge in [-0.05, 0) is 25.0 Å². The maximum absolute atomic E-state index is 11.2. The molecule has 1 N–H and O–H groups in total. The molecule has 1 aromatic rings. The smallest absolute Gasteiger partial charge is 0.412 e. The van der Waals surface area contributed by atoms with E-state index in [1.54, 1.807) is 0 Å². The van der Waals surface area contributed by atoms with Crippen LogP contribution in [0.25, 0.3) is 0 Å². The van der Waals surface area contributed by atoms with Crippen LogP contribution < -0.4 is 5.32 Å². The van der Waals surface area contributed by atoms with Gasteiger partial charge in [0.1, 0.15) is 0 Å². The number of hydrogen-bond acceptors (Lipinski definition) is 3. The number of carbonyl (C=O) groups is 1. The molecular weight excluding hydrogens is 234 g/mol. The van der Waals surface area contributed by atoms with Gasteiger partial charge in [0.25, 0.3) is 0 Å². The number of hydrogen-bond donors (Lipinski definition) is 1. The third-order valence-corrected chi connectivity index (χ3v) is 3.28. The number of unbranched alkanes of at least 4 members (excludes halogenated alkanes) is 1. The Balaban J connectivity index is 2.37. The van der Waals surface area contributed by atoms with E-state index in [4.69, 9.17) is 16.3 Å². The normalized spacial score (nSPS) is 10.1. The average molecular weight is 248 g/mol. The monoisotopic (exact) mass is 247 g/mol. The van der Waals surface area contributed by atoms with Crippen molar-refractivity contribution in [2.24, 2.45) is 0 Å². The minimum absolute atomic E-state index is 0.415. The van der Waals surface area contributed by atoms with Crippen molar-refractivity contribution in [3.05, 3.63) is 16.0 Å². The second-order valence-corrected chi connectivity index (χ2v) is 4.84. The Kier molecular flexibility index (Phi) is 4.91. The third-order valence-electron chi connectivity index (χ3n) is 1.81. The first-order valence-corrected chi connectivity index (χ1v) is 6.02. The summed E-state index contributed by atoms with van der Waals surface area (Å²) in [6, 6.07) is 1.83. The fourth-order valence-corrected chi connectivity index (χ4v) is 2.05. The van der Waals surface area contributed by atoms with Crippen LogP contribution >= 0.6 is 22.9 Å². The average Bonchev–Trinajstić information content (AvgIpc) is 2.46. The molecule has 3 nitrogen and oxygen atoms in total. The van der Waals surface area contributed by atoms with E-state index in [2.05, 4.69) is 5.32 Å². The number of halogens is 1. The van der Waals surface area contributed by atoms with Crippen LogP contribution in [-0.4, -0.2) is 12.7 Å². The van der Waals surface area contributed by atoms with Gasteiger partial charge in [-0.15, -0.1) is 11.3 Å². The van der Waals surface area contributed by atoms with E-state index in [9.17, 15) is 4.79 Å². The molecule has 5 heteroatoms. The lowest BCUT2D eigenvalue weighted by molar-refractivity contribution is 0.160. The second kappa shape index (κ2) is 5.98. The van der Waals surface area contributed by atoms with E-state index in [1.165, 1.54) is 11.3 Å². The van der Waals surface area contributed by atoms with Gasteiger partial charge in [0.15, 0.2) is 0 Å². The molecule has 0 fully saturated rings. The topological polar surface area (TPSA) is 38.3 Å². The van der Waals surface area contributed by atoms with Crippen LogP contribution in [-0.2, 0) is 4.74 Å². The number of carbonyl (C=O) groups excluding carboxylic acids is 1. The van der Waals surface area contributed by atoms with Crippen LogP contribution in [0.2, 0.25) is 4.34 Å². The Bertz CT molecular complexity index is 319. The highest BCUT2D eigenvalue weighted by Crippen LogP contribution is 2.30. The fraction of sp³-hybridized carbons (Fsp3) is 0.500. The maximum Gasteiger partial charge on any atom is 0.412 e. The fourth-order valence-electron chi connectivity index (χ4n) is 0.967. The summed E-state index contributed by atoms with van der Waals surface area (Å²) in [6.07, 6.45) is 1.48. The molecule has 0 aliphatic rings. The molecule has 1 rings (SSSR count). The number of ether oxygens (including phenoxy) is 1. The van der Waals surface area contributed by atoms with Crippen LogP contribution in [0.15, 0.2) is 6.07 Å². The standard InChI is InChI=1S/C10H14ClNO2S/c1-3-4-5-14-10(13)12-8-6-7(2)9(11)15-8/h6H,3-5H2,1-2H3,(H,12,13). The first-order chi connectivity index (χ1) is 7.13. The Morgan fingerprint density at radius 2 is 2.40 bits per heavy atom. The van der Waals surface area contributed by atoms with Crippen molar-refractivity contribution in [1.82, 2.24) is 0 Å². The van der Waals surface area contributed by atoms with Crippen LogP contribution in [0.3, 0.4) is 0 Å². The lowest BCUT2D eigenvalue weighted by Crippen LogP contribution is -2.13. The van der Waals surface area contributed by atoms with Gasteiger partial charge in [-0.25, -0.2) is 4.79 Å².